The van der Waals surface area contributed by atoms with Gasteiger partial charge < -0.3 is 10.2 Å². The summed E-state index contributed by atoms with van der Waals surface area (Å²) in [6.07, 6.45) is 5.86. The normalized spacial score (nSPS) is 32.5. The van der Waals surface area contributed by atoms with Crippen molar-refractivity contribution in [3.63, 3.8) is 0 Å². The summed E-state index contributed by atoms with van der Waals surface area (Å²) in [5.74, 6) is 0.732. The second-order valence-corrected chi connectivity index (χ2v) is 7.97. The smallest absolute Gasteiger partial charge is 0.225 e. The molecule has 1 N–H and O–H groups in total. The molecule has 1 saturated carbocycles. The minimum Gasteiger partial charge on any atom is -0.341 e. The van der Waals surface area contributed by atoms with Crippen molar-refractivity contribution in [2.24, 2.45) is 11.3 Å². The van der Waals surface area contributed by atoms with Gasteiger partial charge in [0.15, 0.2) is 0 Å². The van der Waals surface area contributed by atoms with Crippen LogP contribution in [0.2, 0.25) is 0 Å². The number of rotatable bonds is 2. The van der Waals surface area contributed by atoms with Crippen LogP contribution in [0.3, 0.4) is 0 Å². The molecule has 2 heterocycles. The fraction of sp³-hybridized carbons (Fsp3) is 0.941. The number of halogens is 1. The third-order valence-corrected chi connectivity index (χ3v) is 5.70. The average Bonchev–Trinajstić information content (AvgIpc) is 2.96. The van der Waals surface area contributed by atoms with E-state index >= 15 is 0 Å². The molecular weight excluding hydrogens is 298 g/mol. The van der Waals surface area contributed by atoms with E-state index in [1.165, 1.54) is 19.3 Å². The first kappa shape index (κ1) is 18.0. The fourth-order valence-corrected chi connectivity index (χ4v) is 4.45. The summed E-state index contributed by atoms with van der Waals surface area (Å²) in [4.78, 5) is 17.6. The largest absolute Gasteiger partial charge is 0.341 e. The highest BCUT2D eigenvalue weighted by Gasteiger charge is 2.37. The second kappa shape index (κ2) is 7.50. The second-order valence-electron chi connectivity index (χ2n) is 7.97. The molecule has 0 aromatic rings. The van der Waals surface area contributed by atoms with Crippen LogP contribution in [0.25, 0.3) is 0 Å². The zero-order valence-corrected chi connectivity index (χ0v) is 15.0. The van der Waals surface area contributed by atoms with Crippen LogP contribution in [-0.2, 0) is 4.79 Å². The Balaban J connectivity index is 0.00000176. The topological polar surface area (TPSA) is 35.6 Å². The summed E-state index contributed by atoms with van der Waals surface area (Å²) >= 11 is 0. The van der Waals surface area contributed by atoms with Crippen LogP contribution >= 0.6 is 12.4 Å². The molecule has 5 heteroatoms. The van der Waals surface area contributed by atoms with Crippen molar-refractivity contribution in [3.8, 4) is 0 Å². The van der Waals surface area contributed by atoms with Gasteiger partial charge in [0.05, 0.1) is 0 Å². The standard InChI is InChI=1S/C17H31N3O.ClH/c1-17(2)6-3-4-14(12-17)16(21)20-9-5-15(13-20)19-10-7-18-8-11-19;/h14-15,18H,3-13H2,1-2H3;1H. The highest BCUT2D eigenvalue weighted by molar-refractivity contribution is 5.85. The summed E-state index contributed by atoms with van der Waals surface area (Å²) in [5, 5.41) is 3.41. The van der Waals surface area contributed by atoms with Gasteiger partial charge in [0.25, 0.3) is 0 Å². The maximum Gasteiger partial charge on any atom is 0.225 e. The van der Waals surface area contributed by atoms with Crippen molar-refractivity contribution < 1.29 is 4.79 Å². The Hall–Kier alpha value is -0.320. The molecule has 22 heavy (non-hydrogen) atoms. The molecule has 2 aliphatic heterocycles. The van der Waals surface area contributed by atoms with E-state index in [9.17, 15) is 4.79 Å². The Morgan fingerprint density at radius 1 is 1.14 bits per heavy atom. The summed E-state index contributed by atoms with van der Waals surface area (Å²) in [6, 6.07) is 0.604. The first-order valence-corrected chi connectivity index (χ1v) is 8.79. The van der Waals surface area contributed by atoms with Crippen LogP contribution in [0, 0.1) is 11.3 Å². The van der Waals surface area contributed by atoms with Crippen LogP contribution < -0.4 is 5.32 Å². The monoisotopic (exact) mass is 329 g/mol. The maximum atomic E-state index is 12.8. The molecule has 2 saturated heterocycles. The number of hydrogen-bond donors (Lipinski definition) is 1. The molecular formula is C17H32ClN3O. The van der Waals surface area contributed by atoms with Gasteiger partial charge in [-0.3, -0.25) is 9.69 Å². The zero-order valence-electron chi connectivity index (χ0n) is 14.1. The van der Waals surface area contributed by atoms with E-state index in [1.807, 2.05) is 0 Å². The van der Waals surface area contributed by atoms with Gasteiger partial charge in [-0.15, -0.1) is 12.4 Å². The third-order valence-electron chi connectivity index (χ3n) is 5.70. The lowest BCUT2D eigenvalue weighted by atomic mass is 9.72. The number of likely N-dealkylation sites (tertiary alicyclic amines) is 1. The molecule has 2 atom stereocenters. The van der Waals surface area contributed by atoms with E-state index in [2.05, 4.69) is 29.0 Å². The van der Waals surface area contributed by atoms with Gasteiger partial charge in [-0.1, -0.05) is 20.3 Å². The lowest BCUT2D eigenvalue weighted by Gasteiger charge is -2.36. The Morgan fingerprint density at radius 3 is 2.55 bits per heavy atom. The first-order valence-electron chi connectivity index (χ1n) is 8.79. The van der Waals surface area contributed by atoms with Crippen molar-refractivity contribution in [1.82, 2.24) is 15.1 Å². The van der Waals surface area contributed by atoms with Crippen molar-refractivity contribution in [3.05, 3.63) is 0 Å². The Morgan fingerprint density at radius 2 is 1.86 bits per heavy atom. The molecule has 128 valence electrons. The van der Waals surface area contributed by atoms with Gasteiger partial charge >= 0.3 is 0 Å². The predicted octanol–water partition coefficient (Wildman–Crippen LogP) is 2.13. The molecule has 0 spiro atoms. The molecule has 1 amide bonds. The van der Waals surface area contributed by atoms with E-state index in [4.69, 9.17) is 0 Å². The highest BCUT2D eigenvalue weighted by atomic mass is 35.5. The van der Waals surface area contributed by atoms with Gasteiger partial charge in [-0.25, -0.2) is 0 Å². The molecule has 0 radical (unpaired) electrons. The quantitative estimate of drug-likeness (QED) is 0.843. The van der Waals surface area contributed by atoms with Crippen LogP contribution in [0.4, 0.5) is 0 Å². The Labute approximate surface area is 141 Å². The molecule has 0 aromatic heterocycles. The Bertz CT molecular complexity index is 382. The number of nitrogens with zero attached hydrogens (tertiary/aromatic N) is 2. The number of piperazine rings is 1. The van der Waals surface area contributed by atoms with Crippen LogP contribution in [0.1, 0.15) is 46.0 Å². The first-order chi connectivity index (χ1) is 10.1. The van der Waals surface area contributed by atoms with Crippen molar-refractivity contribution in [1.29, 1.82) is 0 Å². The molecule has 3 rings (SSSR count). The predicted molar refractivity (Wildman–Crippen MR) is 92.4 cm³/mol. The molecule has 2 unspecified atom stereocenters. The summed E-state index contributed by atoms with van der Waals surface area (Å²) < 4.78 is 0. The van der Waals surface area contributed by atoms with Gasteiger partial charge in [-0.2, -0.15) is 0 Å². The van der Waals surface area contributed by atoms with E-state index in [0.29, 0.717) is 17.4 Å². The van der Waals surface area contributed by atoms with E-state index in [0.717, 1.165) is 52.1 Å². The number of hydrogen-bond acceptors (Lipinski definition) is 3. The van der Waals surface area contributed by atoms with E-state index in [1.54, 1.807) is 0 Å². The molecule has 1 aliphatic carbocycles. The minimum atomic E-state index is 0. The van der Waals surface area contributed by atoms with Gasteiger partial charge in [0, 0.05) is 51.2 Å². The van der Waals surface area contributed by atoms with E-state index < -0.39 is 0 Å². The fourth-order valence-electron chi connectivity index (χ4n) is 4.45. The zero-order chi connectivity index (χ0) is 14.9. The summed E-state index contributed by atoms with van der Waals surface area (Å²) in [5.41, 5.74) is 0.357. The van der Waals surface area contributed by atoms with Crippen LogP contribution in [-0.4, -0.2) is 61.0 Å². The van der Waals surface area contributed by atoms with Crippen LogP contribution in [0.5, 0.6) is 0 Å². The lowest BCUT2D eigenvalue weighted by molar-refractivity contribution is -0.137. The van der Waals surface area contributed by atoms with Crippen molar-refractivity contribution in [2.75, 3.05) is 39.3 Å². The third kappa shape index (κ3) is 4.15. The molecule has 3 aliphatic rings. The molecule has 0 aromatic carbocycles. The molecule has 3 fully saturated rings. The lowest BCUT2D eigenvalue weighted by Crippen LogP contribution is -2.49. The number of carbonyl (C=O) groups excluding carboxylic acids is 1. The van der Waals surface area contributed by atoms with Crippen LogP contribution in [0.15, 0.2) is 0 Å². The highest BCUT2D eigenvalue weighted by Crippen LogP contribution is 2.39. The maximum absolute atomic E-state index is 12.8. The molecule has 0 bridgehead atoms. The van der Waals surface area contributed by atoms with Gasteiger partial charge in [0.1, 0.15) is 0 Å². The van der Waals surface area contributed by atoms with Crippen molar-refractivity contribution in [2.45, 2.75) is 52.0 Å². The number of nitrogens with one attached hydrogen (secondary N) is 1. The Kier molecular flexibility index (Phi) is 6.14. The number of amides is 1. The summed E-state index contributed by atoms with van der Waals surface area (Å²) in [7, 11) is 0. The minimum absolute atomic E-state index is 0. The van der Waals surface area contributed by atoms with Crippen molar-refractivity contribution >= 4 is 18.3 Å². The molecule has 4 nitrogen and oxygen atoms in total. The van der Waals surface area contributed by atoms with Gasteiger partial charge in [-0.05, 0) is 31.1 Å². The van der Waals surface area contributed by atoms with E-state index in [-0.39, 0.29) is 18.3 Å². The summed E-state index contributed by atoms with van der Waals surface area (Å²) in [6.45, 7) is 11.1. The number of carbonyl (C=O) groups is 1. The van der Waals surface area contributed by atoms with Gasteiger partial charge in [0.2, 0.25) is 5.91 Å². The average molecular weight is 330 g/mol. The SMILES string of the molecule is CC1(C)CCCC(C(=O)N2CCC(N3CCNCC3)C2)C1.Cl.